The quantitative estimate of drug-likeness (QED) is 0.524. The van der Waals surface area contributed by atoms with Crippen LogP contribution in [0.1, 0.15) is 61.2 Å². The van der Waals surface area contributed by atoms with Gasteiger partial charge in [-0.2, -0.15) is 0 Å². The highest BCUT2D eigenvalue weighted by molar-refractivity contribution is 7.91. The number of sulfone groups is 1. The van der Waals surface area contributed by atoms with Crippen LogP contribution in [-0.2, 0) is 22.9 Å². The predicted octanol–water partition coefficient (Wildman–Crippen LogP) is 5.23. The van der Waals surface area contributed by atoms with Gasteiger partial charge in [-0.25, -0.2) is 8.42 Å². The van der Waals surface area contributed by atoms with Gasteiger partial charge in [0.1, 0.15) is 12.4 Å². The molecule has 3 aromatic rings. The lowest BCUT2D eigenvalue weighted by molar-refractivity contribution is 0.0521. The van der Waals surface area contributed by atoms with Gasteiger partial charge in [0.2, 0.25) is 0 Å². The zero-order chi connectivity index (χ0) is 24.5. The lowest BCUT2D eigenvalue weighted by atomic mass is 9.75. The normalized spacial score (nSPS) is 20.9. The van der Waals surface area contributed by atoms with E-state index in [9.17, 15) is 13.5 Å². The standard InChI is InChI=1S/C28H33NO4S/c1-5-7-21-8-6-9-22(29-21)17-33-23-13-11-20(12-14-23)26-24-16-19(2)10-15-25(24)34(31,32)18-28(3,4)27(26)30/h6,8-16,26-27,30H,5,7,17-18H2,1-4H3/t26-,27-/m1/s1. The van der Waals surface area contributed by atoms with Crippen LogP contribution in [0, 0.1) is 12.3 Å². The van der Waals surface area contributed by atoms with Gasteiger partial charge in [0.05, 0.1) is 22.4 Å². The van der Waals surface area contributed by atoms with E-state index in [1.54, 1.807) is 6.07 Å². The van der Waals surface area contributed by atoms with Crippen LogP contribution in [0.3, 0.4) is 0 Å². The van der Waals surface area contributed by atoms with E-state index >= 15 is 0 Å². The fourth-order valence-electron chi connectivity index (χ4n) is 4.76. The summed E-state index contributed by atoms with van der Waals surface area (Å²) in [6, 6.07) is 19.0. The molecule has 180 valence electrons. The molecule has 2 atom stereocenters. The Morgan fingerprint density at radius 1 is 1.06 bits per heavy atom. The van der Waals surface area contributed by atoms with Crippen molar-refractivity contribution in [1.82, 2.24) is 4.98 Å². The molecule has 5 nitrogen and oxygen atoms in total. The number of hydrogen-bond donors (Lipinski definition) is 1. The van der Waals surface area contributed by atoms with E-state index in [4.69, 9.17) is 4.74 Å². The first-order valence-corrected chi connectivity index (χ1v) is 13.4. The largest absolute Gasteiger partial charge is 0.487 e. The van der Waals surface area contributed by atoms with E-state index in [-0.39, 0.29) is 5.75 Å². The molecule has 2 aromatic carbocycles. The van der Waals surface area contributed by atoms with Crippen molar-refractivity contribution in [2.24, 2.45) is 5.41 Å². The summed E-state index contributed by atoms with van der Waals surface area (Å²) in [6.45, 7) is 8.08. The number of hydrogen-bond acceptors (Lipinski definition) is 5. The molecule has 0 bridgehead atoms. The van der Waals surface area contributed by atoms with Crippen molar-refractivity contribution in [3.8, 4) is 5.75 Å². The summed E-state index contributed by atoms with van der Waals surface area (Å²) in [6.07, 6.45) is 1.13. The summed E-state index contributed by atoms with van der Waals surface area (Å²) in [4.78, 5) is 4.95. The van der Waals surface area contributed by atoms with E-state index in [0.717, 1.165) is 35.4 Å². The smallest absolute Gasteiger partial charge is 0.179 e. The third-order valence-electron chi connectivity index (χ3n) is 6.51. The molecule has 1 aromatic heterocycles. The van der Waals surface area contributed by atoms with Crippen molar-refractivity contribution in [2.45, 2.75) is 64.1 Å². The van der Waals surface area contributed by atoms with Gasteiger partial charge in [-0.1, -0.05) is 63.1 Å². The zero-order valence-corrected chi connectivity index (χ0v) is 21.1. The van der Waals surface area contributed by atoms with Crippen molar-refractivity contribution in [3.05, 3.63) is 88.7 Å². The molecule has 4 rings (SSSR count). The molecule has 1 N–H and O–H groups in total. The van der Waals surface area contributed by atoms with Gasteiger partial charge in [0.15, 0.2) is 9.84 Å². The van der Waals surface area contributed by atoms with Crippen LogP contribution >= 0.6 is 0 Å². The van der Waals surface area contributed by atoms with Crippen molar-refractivity contribution >= 4 is 9.84 Å². The molecule has 2 heterocycles. The molecular weight excluding hydrogens is 446 g/mol. The summed E-state index contributed by atoms with van der Waals surface area (Å²) in [7, 11) is -3.52. The fourth-order valence-corrected chi connectivity index (χ4v) is 6.89. The Labute approximate surface area is 202 Å². The Bertz CT molecular complexity index is 1270. The van der Waals surface area contributed by atoms with Crippen molar-refractivity contribution in [3.63, 3.8) is 0 Å². The molecule has 0 unspecified atom stereocenters. The number of aryl methyl sites for hydroxylation is 2. The summed E-state index contributed by atoms with van der Waals surface area (Å²) >= 11 is 0. The van der Waals surface area contributed by atoms with Crippen LogP contribution < -0.4 is 4.74 Å². The Balaban J connectivity index is 1.63. The number of aliphatic hydroxyl groups is 1. The summed E-state index contributed by atoms with van der Waals surface area (Å²) in [5.41, 5.74) is 3.62. The van der Waals surface area contributed by atoms with Gasteiger partial charge in [0, 0.05) is 17.0 Å². The first-order chi connectivity index (χ1) is 16.1. The Hall–Kier alpha value is -2.70. The minimum atomic E-state index is -3.52. The Morgan fingerprint density at radius 2 is 1.76 bits per heavy atom. The monoisotopic (exact) mass is 479 g/mol. The van der Waals surface area contributed by atoms with Crippen LogP contribution in [-0.4, -0.2) is 30.4 Å². The third kappa shape index (κ3) is 5.03. The highest BCUT2D eigenvalue weighted by Gasteiger charge is 2.44. The van der Waals surface area contributed by atoms with Gasteiger partial charge in [-0.15, -0.1) is 0 Å². The topological polar surface area (TPSA) is 76.5 Å². The fraction of sp³-hybridized carbons (Fsp3) is 0.393. The van der Waals surface area contributed by atoms with Crippen LogP contribution in [0.15, 0.2) is 65.6 Å². The van der Waals surface area contributed by atoms with Gasteiger partial charge in [0.25, 0.3) is 0 Å². The molecule has 1 aliphatic rings. The number of nitrogens with zero attached hydrogens (tertiary/aromatic N) is 1. The molecular formula is C28H33NO4S. The highest BCUT2D eigenvalue weighted by Crippen LogP contribution is 2.45. The van der Waals surface area contributed by atoms with E-state index in [1.807, 2.05) is 75.4 Å². The molecule has 0 aliphatic carbocycles. The Morgan fingerprint density at radius 3 is 2.47 bits per heavy atom. The summed E-state index contributed by atoms with van der Waals surface area (Å²) in [5, 5.41) is 11.4. The second-order valence-corrected chi connectivity index (χ2v) is 11.9. The average molecular weight is 480 g/mol. The number of rotatable bonds is 6. The molecule has 0 spiro atoms. The number of benzene rings is 2. The molecule has 0 fully saturated rings. The van der Waals surface area contributed by atoms with E-state index in [2.05, 4.69) is 11.9 Å². The molecule has 34 heavy (non-hydrogen) atoms. The number of ether oxygens (including phenoxy) is 1. The minimum absolute atomic E-state index is 0.0982. The maximum atomic E-state index is 13.1. The first kappa shape index (κ1) is 24.4. The second-order valence-electron chi connectivity index (χ2n) is 9.94. The maximum Gasteiger partial charge on any atom is 0.179 e. The van der Waals surface area contributed by atoms with Crippen molar-refractivity contribution in [2.75, 3.05) is 5.75 Å². The van der Waals surface area contributed by atoms with Crippen LogP contribution in [0.5, 0.6) is 5.75 Å². The van der Waals surface area contributed by atoms with Crippen molar-refractivity contribution < 1.29 is 18.3 Å². The van der Waals surface area contributed by atoms with Crippen LogP contribution in [0.2, 0.25) is 0 Å². The number of aliphatic hydroxyl groups excluding tert-OH is 1. The van der Waals surface area contributed by atoms with E-state index < -0.39 is 27.3 Å². The first-order valence-electron chi connectivity index (χ1n) is 11.8. The van der Waals surface area contributed by atoms with Crippen LogP contribution in [0.25, 0.3) is 0 Å². The minimum Gasteiger partial charge on any atom is -0.487 e. The zero-order valence-electron chi connectivity index (χ0n) is 20.3. The predicted molar refractivity (Wildman–Crippen MR) is 134 cm³/mol. The van der Waals surface area contributed by atoms with Gasteiger partial charge in [-0.05, 0) is 54.8 Å². The third-order valence-corrected chi connectivity index (χ3v) is 8.68. The molecule has 0 saturated carbocycles. The van der Waals surface area contributed by atoms with E-state index in [0.29, 0.717) is 22.8 Å². The molecule has 6 heteroatoms. The van der Waals surface area contributed by atoms with E-state index in [1.165, 1.54) is 0 Å². The lowest BCUT2D eigenvalue weighted by Gasteiger charge is -2.33. The summed E-state index contributed by atoms with van der Waals surface area (Å²) in [5.74, 6) is 0.147. The van der Waals surface area contributed by atoms with Gasteiger partial charge >= 0.3 is 0 Å². The lowest BCUT2D eigenvalue weighted by Crippen LogP contribution is -2.38. The number of aromatic nitrogens is 1. The second kappa shape index (κ2) is 9.51. The van der Waals surface area contributed by atoms with Crippen molar-refractivity contribution in [1.29, 1.82) is 0 Å². The Kier molecular flexibility index (Phi) is 6.83. The number of pyridine rings is 1. The molecule has 1 aliphatic heterocycles. The SMILES string of the molecule is CCCc1cccc(COc2ccc([C@@H]3c4cc(C)ccc4S(=O)(=O)CC(C)(C)[C@@H]3O)cc2)n1. The average Bonchev–Trinajstić information content (AvgIpc) is 2.83. The number of fused-ring (bicyclic) bond motifs is 1. The maximum absolute atomic E-state index is 13.1. The van der Waals surface area contributed by atoms with Crippen LogP contribution in [0.4, 0.5) is 0 Å². The molecule has 0 saturated heterocycles. The summed E-state index contributed by atoms with van der Waals surface area (Å²) < 4.78 is 32.2. The molecule has 0 amide bonds. The highest BCUT2D eigenvalue weighted by atomic mass is 32.2. The molecule has 0 radical (unpaired) electrons. The van der Waals surface area contributed by atoms with Gasteiger partial charge < -0.3 is 9.84 Å². The van der Waals surface area contributed by atoms with Gasteiger partial charge in [-0.3, -0.25) is 4.98 Å².